The van der Waals surface area contributed by atoms with Crippen molar-refractivity contribution >= 4 is 12.2 Å². The van der Waals surface area contributed by atoms with Crippen LogP contribution in [0.2, 0.25) is 0 Å². The Morgan fingerprint density at radius 3 is 2.18 bits per heavy atom. The molecule has 5 heteroatoms. The van der Waals surface area contributed by atoms with Crippen LogP contribution in [-0.4, -0.2) is 23.2 Å². The Balaban J connectivity index is 1.81. The van der Waals surface area contributed by atoms with E-state index in [0.717, 1.165) is 36.8 Å². The molecule has 2 heterocycles. The number of primary amides is 1. The van der Waals surface area contributed by atoms with Crippen molar-refractivity contribution in [3.8, 4) is 0 Å². The third-order valence-corrected chi connectivity index (χ3v) is 6.93. The van der Waals surface area contributed by atoms with Gasteiger partial charge < -0.3 is 15.5 Å². The Bertz CT molecular complexity index is 833. The number of fused-ring (bicyclic) bond motifs is 2. The number of aldehydes is 1. The van der Waals surface area contributed by atoms with Crippen molar-refractivity contribution in [1.29, 1.82) is 0 Å². The summed E-state index contributed by atoms with van der Waals surface area (Å²) in [6, 6.07) is 13.5. The number of aromatic nitrogens is 1. The van der Waals surface area contributed by atoms with E-state index >= 15 is 0 Å². The molecule has 0 radical (unpaired) electrons. The summed E-state index contributed by atoms with van der Waals surface area (Å²) in [7, 11) is 0. The first-order chi connectivity index (χ1) is 16.2. The second-order valence-corrected chi connectivity index (χ2v) is 9.60. The molecule has 2 aromatic rings. The summed E-state index contributed by atoms with van der Waals surface area (Å²) >= 11 is 0. The summed E-state index contributed by atoms with van der Waals surface area (Å²) in [6.07, 6.45) is 15.6. The highest BCUT2D eigenvalue weighted by Crippen LogP contribution is 2.26. The van der Waals surface area contributed by atoms with Crippen LogP contribution in [0, 0.1) is 5.92 Å². The lowest BCUT2D eigenvalue weighted by molar-refractivity contribution is -0.121. The van der Waals surface area contributed by atoms with Crippen molar-refractivity contribution < 1.29 is 9.59 Å². The molecule has 0 fully saturated rings. The van der Waals surface area contributed by atoms with Crippen LogP contribution in [0.3, 0.4) is 0 Å². The smallest absolute Gasteiger partial charge is 0.234 e. The number of carbonyl (C=O) groups is 2. The van der Waals surface area contributed by atoms with Gasteiger partial charge in [0.2, 0.25) is 5.91 Å². The van der Waals surface area contributed by atoms with Gasteiger partial charge in [0.15, 0.2) is 0 Å². The highest BCUT2D eigenvalue weighted by molar-refractivity contribution is 5.80. The topological polar surface area (TPSA) is 88.0 Å². The molecule has 0 spiro atoms. The summed E-state index contributed by atoms with van der Waals surface area (Å²) in [5.41, 5.74) is 9.06. The van der Waals surface area contributed by atoms with Gasteiger partial charge in [-0.2, -0.15) is 0 Å². The van der Waals surface area contributed by atoms with Crippen LogP contribution in [0.25, 0.3) is 0 Å². The Morgan fingerprint density at radius 2 is 1.55 bits per heavy atom. The Hall–Kier alpha value is -2.40. The molecule has 3 atom stereocenters. The van der Waals surface area contributed by atoms with E-state index in [1.165, 1.54) is 57.1 Å². The fourth-order valence-corrected chi connectivity index (χ4v) is 4.96. The Morgan fingerprint density at radius 1 is 0.909 bits per heavy atom. The highest BCUT2D eigenvalue weighted by atomic mass is 16.1. The molecular formula is C28H41N3O2. The predicted molar refractivity (Wildman–Crippen MR) is 134 cm³/mol. The maximum atomic E-state index is 12.3. The standard InChI is InChI=1S/C28H41N3O2/c29-28(33)26-17-13-8-6-4-2-1-3-5-7-12-16-24-18-19-25(30-24)27(31-26)23(21-32)20-22-14-10-9-11-15-22/h9-11,14-15,18-19,21,23,26-27,30-31H,1-8,12-13,16-17,20H2,(H2,29,33)/t23-,26?,27?/m1/s1. The minimum atomic E-state index is -0.446. The third kappa shape index (κ3) is 8.47. The van der Waals surface area contributed by atoms with Gasteiger partial charge in [-0.25, -0.2) is 0 Å². The van der Waals surface area contributed by atoms with Crippen molar-refractivity contribution in [2.75, 3.05) is 0 Å². The van der Waals surface area contributed by atoms with E-state index in [-0.39, 0.29) is 17.9 Å². The number of nitrogens with two attached hydrogens (primary N) is 1. The fraction of sp³-hybridized carbons (Fsp3) is 0.571. The minimum Gasteiger partial charge on any atom is -0.368 e. The molecular weight excluding hydrogens is 410 g/mol. The summed E-state index contributed by atoms with van der Waals surface area (Å²) in [4.78, 5) is 28.1. The number of benzene rings is 1. The number of aryl methyl sites for hydroxylation is 1. The molecule has 1 aromatic carbocycles. The molecule has 1 amide bonds. The molecule has 5 nitrogen and oxygen atoms in total. The maximum Gasteiger partial charge on any atom is 0.234 e. The van der Waals surface area contributed by atoms with Gasteiger partial charge in [-0.15, -0.1) is 0 Å². The average molecular weight is 452 g/mol. The molecule has 1 aliphatic rings. The van der Waals surface area contributed by atoms with Gasteiger partial charge in [0, 0.05) is 17.3 Å². The second-order valence-electron chi connectivity index (χ2n) is 9.60. The number of amides is 1. The van der Waals surface area contributed by atoms with Gasteiger partial charge in [-0.1, -0.05) is 88.1 Å². The van der Waals surface area contributed by atoms with Crippen molar-refractivity contribution in [2.24, 2.45) is 11.7 Å². The predicted octanol–water partition coefficient (Wildman–Crippen LogP) is 5.40. The molecule has 2 bridgehead atoms. The summed E-state index contributed by atoms with van der Waals surface area (Å²) in [5, 5.41) is 3.49. The number of H-pyrrole nitrogens is 1. The van der Waals surface area contributed by atoms with Gasteiger partial charge in [0.25, 0.3) is 0 Å². The van der Waals surface area contributed by atoms with Gasteiger partial charge in [-0.05, 0) is 43.4 Å². The van der Waals surface area contributed by atoms with Crippen molar-refractivity contribution in [2.45, 2.75) is 95.6 Å². The SMILES string of the molecule is NC(=O)C1CCCCCCCCCCCCc2ccc([nH]2)C([C@@H](C=O)Cc2ccccc2)N1. The van der Waals surface area contributed by atoms with Crippen LogP contribution in [0.4, 0.5) is 0 Å². The second kappa shape index (κ2) is 14.0. The molecule has 4 N–H and O–H groups in total. The lowest BCUT2D eigenvalue weighted by Crippen LogP contribution is -2.45. The van der Waals surface area contributed by atoms with E-state index in [1.807, 2.05) is 30.3 Å². The molecule has 0 saturated carbocycles. The quantitative estimate of drug-likeness (QED) is 0.532. The van der Waals surface area contributed by atoms with Gasteiger partial charge in [0.05, 0.1) is 12.1 Å². The number of hydrogen-bond acceptors (Lipinski definition) is 3. The van der Waals surface area contributed by atoms with Gasteiger partial charge in [0.1, 0.15) is 6.29 Å². The van der Waals surface area contributed by atoms with E-state index in [4.69, 9.17) is 5.73 Å². The van der Waals surface area contributed by atoms with Crippen LogP contribution in [0.1, 0.15) is 93.6 Å². The van der Waals surface area contributed by atoms with Crippen LogP contribution in [0.5, 0.6) is 0 Å². The fourth-order valence-electron chi connectivity index (χ4n) is 4.96. The van der Waals surface area contributed by atoms with E-state index in [0.29, 0.717) is 12.8 Å². The lowest BCUT2D eigenvalue weighted by atomic mass is 9.90. The molecule has 180 valence electrons. The molecule has 0 saturated heterocycles. The summed E-state index contributed by atoms with van der Waals surface area (Å²) < 4.78 is 0. The zero-order valence-electron chi connectivity index (χ0n) is 19.9. The zero-order chi connectivity index (χ0) is 23.3. The Kier molecular flexibility index (Phi) is 10.7. The highest BCUT2D eigenvalue weighted by Gasteiger charge is 2.29. The first-order valence-electron chi connectivity index (χ1n) is 12.9. The number of nitrogens with one attached hydrogen (secondary N) is 2. The lowest BCUT2D eigenvalue weighted by Gasteiger charge is -2.28. The van der Waals surface area contributed by atoms with E-state index in [2.05, 4.69) is 22.4 Å². The third-order valence-electron chi connectivity index (χ3n) is 6.93. The molecule has 0 aliphatic carbocycles. The van der Waals surface area contributed by atoms with E-state index < -0.39 is 6.04 Å². The van der Waals surface area contributed by atoms with E-state index in [9.17, 15) is 9.59 Å². The summed E-state index contributed by atoms with van der Waals surface area (Å²) in [6.45, 7) is 0. The largest absolute Gasteiger partial charge is 0.368 e. The first-order valence-corrected chi connectivity index (χ1v) is 12.9. The average Bonchev–Trinajstić information content (AvgIpc) is 3.29. The van der Waals surface area contributed by atoms with Crippen molar-refractivity contribution in [3.63, 3.8) is 0 Å². The number of hydrogen-bond donors (Lipinski definition) is 3. The number of aromatic amines is 1. The molecule has 33 heavy (non-hydrogen) atoms. The maximum absolute atomic E-state index is 12.3. The van der Waals surface area contributed by atoms with Crippen LogP contribution < -0.4 is 11.1 Å². The van der Waals surface area contributed by atoms with Gasteiger partial charge >= 0.3 is 0 Å². The minimum absolute atomic E-state index is 0.284. The van der Waals surface area contributed by atoms with E-state index in [1.54, 1.807) is 0 Å². The normalized spacial score (nSPS) is 22.5. The van der Waals surface area contributed by atoms with Crippen LogP contribution >= 0.6 is 0 Å². The molecule has 1 aromatic heterocycles. The van der Waals surface area contributed by atoms with Crippen LogP contribution in [-0.2, 0) is 22.4 Å². The van der Waals surface area contributed by atoms with Crippen molar-refractivity contribution in [1.82, 2.24) is 10.3 Å². The monoisotopic (exact) mass is 451 g/mol. The van der Waals surface area contributed by atoms with Crippen LogP contribution in [0.15, 0.2) is 42.5 Å². The van der Waals surface area contributed by atoms with Gasteiger partial charge in [-0.3, -0.25) is 10.1 Å². The van der Waals surface area contributed by atoms with Crippen molar-refractivity contribution in [3.05, 3.63) is 59.4 Å². The number of carbonyl (C=O) groups excluding carboxylic acids is 2. The Labute approximate surface area is 198 Å². The first kappa shape index (κ1) is 25.2. The zero-order valence-corrected chi connectivity index (χ0v) is 19.9. The number of rotatable bonds is 5. The molecule has 2 unspecified atom stereocenters. The molecule has 3 rings (SSSR count). The summed E-state index contributed by atoms with van der Waals surface area (Å²) in [5.74, 6) is -0.642. The molecule has 1 aliphatic heterocycles.